The Bertz CT molecular complexity index is 573. The van der Waals surface area contributed by atoms with E-state index >= 15 is 0 Å². The van der Waals surface area contributed by atoms with Crippen LogP contribution in [0.1, 0.15) is 5.56 Å². The summed E-state index contributed by atoms with van der Waals surface area (Å²) in [6.07, 6.45) is 1.57. The summed E-state index contributed by atoms with van der Waals surface area (Å²) < 4.78 is 11.7. The number of nitrogen functional groups attached to an aromatic ring is 1. The van der Waals surface area contributed by atoms with Gasteiger partial charge in [-0.3, -0.25) is 0 Å². The van der Waals surface area contributed by atoms with Crippen LogP contribution >= 0.6 is 15.9 Å². The van der Waals surface area contributed by atoms with Crippen LogP contribution in [-0.4, -0.2) is 12.1 Å². The highest BCUT2D eigenvalue weighted by Crippen LogP contribution is 2.33. The van der Waals surface area contributed by atoms with Crippen molar-refractivity contribution in [3.8, 4) is 17.4 Å². The Morgan fingerprint density at radius 3 is 2.67 bits per heavy atom. The van der Waals surface area contributed by atoms with Gasteiger partial charge in [-0.1, -0.05) is 0 Å². The lowest BCUT2D eigenvalue weighted by molar-refractivity contribution is 0.411. The molecule has 0 atom stereocenters. The number of anilines is 1. The number of aryl methyl sites for hydroxylation is 1. The second-order valence-corrected chi connectivity index (χ2v) is 4.64. The van der Waals surface area contributed by atoms with Crippen molar-refractivity contribution in [3.63, 3.8) is 0 Å². The number of nitrogens with zero attached hydrogens (tertiary/aromatic N) is 1. The molecular weight excluding hydrogens is 296 g/mol. The van der Waals surface area contributed by atoms with Crippen molar-refractivity contribution in [2.45, 2.75) is 6.92 Å². The molecule has 0 aliphatic heterocycles. The zero-order chi connectivity index (χ0) is 13.1. The van der Waals surface area contributed by atoms with Crippen molar-refractivity contribution in [3.05, 3.63) is 40.5 Å². The molecule has 1 heterocycles. The predicted octanol–water partition coefficient (Wildman–Crippen LogP) is 3.54. The molecule has 0 spiro atoms. The third-order valence-corrected chi connectivity index (χ3v) is 3.02. The Hall–Kier alpha value is -1.75. The fourth-order valence-electron chi connectivity index (χ4n) is 1.49. The van der Waals surface area contributed by atoms with Gasteiger partial charge in [0.2, 0.25) is 5.88 Å². The molecule has 0 fully saturated rings. The molecule has 2 rings (SSSR count). The molecule has 0 bridgehead atoms. The molecule has 0 amide bonds. The minimum absolute atomic E-state index is 0.537. The third-order valence-electron chi connectivity index (χ3n) is 2.40. The number of hydrogen-bond acceptors (Lipinski definition) is 4. The number of rotatable bonds is 3. The Morgan fingerprint density at radius 1 is 1.28 bits per heavy atom. The number of pyridine rings is 1. The lowest BCUT2D eigenvalue weighted by Crippen LogP contribution is -1.95. The number of nitrogens with two attached hydrogens (primary N) is 1. The Labute approximate surface area is 114 Å². The van der Waals surface area contributed by atoms with E-state index in [2.05, 4.69) is 20.9 Å². The van der Waals surface area contributed by atoms with Crippen LogP contribution in [0.2, 0.25) is 0 Å². The van der Waals surface area contributed by atoms with Crippen molar-refractivity contribution in [2.75, 3.05) is 12.8 Å². The lowest BCUT2D eigenvalue weighted by atomic mass is 10.3. The second kappa shape index (κ2) is 5.27. The summed E-state index contributed by atoms with van der Waals surface area (Å²) in [5, 5.41) is 0. The van der Waals surface area contributed by atoms with Gasteiger partial charge in [0.05, 0.1) is 23.5 Å². The molecule has 18 heavy (non-hydrogen) atoms. The number of aromatic nitrogens is 1. The zero-order valence-corrected chi connectivity index (χ0v) is 11.7. The summed E-state index contributed by atoms with van der Waals surface area (Å²) in [5.74, 6) is 1.97. The molecule has 0 saturated heterocycles. The standard InChI is InChI=1S/C13H13BrN2O2/c1-8-5-9(15)7-16-13(8)18-12-4-3-10(17-2)6-11(12)14/h3-7H,15H2,1-2H3. The van der Waals surface area contributed by atoms with Gasteiger partial charge in [-0.05, 0) is 47.1 Å². The lowest BCUT2D eigenvalue weighted by Gasteiger charge is -2.10. The Balaban J connectivity index is 2.28. The van der Waals surface area contributed by atoms with Gasteiger partial charge in [0, 0.05) is 5.56 Å². The predicted molar refractivity (Wildman–Crippen MR) is 74.2 cm³/mol. The van der Waals surface area contributed by atoms with Gasteiger partial charge < -0.3 is 15.2 Å². The Kier molecular flexibility index (Phi) is 3.72. The van der Waals surface area contributed by atoms with Crippen LogP contribution in [-0.2, 0) is 0 Å². The van der Waals surface area contributed by atoms with Gasteiger partial charge in [-0.2, -0.15) is 0 Å². The minimum atomic E-state index is 0.537. The summed E-state index contributed by atoms with van der Waals surface area (Å²) in [4.78, 5) is 4.16. The normalized spacial score (nSPS) is 10.2. The van der Waals surface area contributed by atoms with Gasteiger partial charge in [-0.25, -0.2) is 4.98 Å². The Morgan fingerprint density at radius 2 is 2.06 bits per heavy atom. The second-order valence-electron chi connectivity index (χ2n) is 3.79. The van der Waals surface area contributed by atoms with Crippen LogP contribution in [0.25, 0.3) is 0 Å². The first-order valence-corrected chi connectivity index (χ1v) is 6.13. The number of halogens is 1. The van der Waals surface area contributed by atoms with E-state index in [0.717, 1.165) is 15.8 Å². The van der Waals surface area contributed by atoms with E-state index in [1.165, 1.54) is 0 Å². The highest BCUT2D eigenvalue weighted by molar-refractivity contribution is 9.10. The van der Waals surface area contributed by atoms with Crippen LogP contribution in [0.4, 0.5) is 5.69 Å². The van der Waals surface area contributed by atoms with Crippen LogP contribution in [0.15, 0.2) is 34.9 Å². The first kappa shape index (κ1) is 12.7. The van der Waals surface area contributed by atoms with Gasteiger partial charge in [0.15, 0.2) is 0 Å². The molecule has 0 radical (unpaired) electrons. The highest BCUT2D eigenvalue weighted by Gasteiger charge is 2.07. The molecular formula is C13H13BrN2O2. The molecule has 4 nitrogen and oxygen atoms in total. The highest BCUT2D eigenvalue weighted by atomic mass is 79.9. The minimum Gasteiger partial charge on any atom is -0.497 e. The maximum absolute atomic E-state index is 5.73. The molecule has 94 valence electrons. The molecule has 2 aromatic rings. The van der Waals surface area contributed by atoms with Crippen molar-refractivity contribution in [1.29, 1.82) is 0 Å². The molecule has 1 aromatic heterocycles. The molecule has 0 unspecified atom stereocenters. The van der Waals surface area contributed by atoms with Gasteiger partial charge >= 0.3 is 0 Å². The average Bonchev–Trinajstić information content (AvgIpc) is 2.34. The molecule has 1 aromatic carbocycles. The van der Waals surface area contributed by atoms with Crippen molar-refractivity contribution >= 4 is 21.6 Å². The van der Waals surface area contributed by atoms with Crippen molar-refractivity contribution < 1.29 is 9.47 Å². The summed E-state index contributed by atoms with van der Waals surface area (Å²) >= 11 is 3.43. The summed E-state index contributed by atoms with van der Waals surface area (Å²) in [7, 11) is 1.62. The maximum atomic E-state index is 5.73. The topological polar surface area (TPSA) is 57.4 Å². The first-order chi connectivity index (χ1) is 8.60. The van der Waals surface area contributed by atoms with E-state index in [9.17, 15) is 0 Å². The zero-order valence-electron chi connectivity index (χ0n) is 10.1. The SMILES string of the molecule is COc1ccc(Oc2ncc(N)cc2C)c(Br)c1. The third kappa shape index (κ3) is 2.73. The van der Waals surface area contributed by atoms with Gasteiger partial charge in [-0.15, -0.1) is 0 Å². The number of benzene rings is 1. The van der Waals surface area contributed by atoms with Crippen LogP contribution in [0.3, 0.4) is 0 Å². The smallest absolute Gasteiger partial charge is 0.222 e. The average molecular weight is 309 g/mol. The molecule has 5 heteroatoms. The number of ether oxygens (including phenoxy) is 2. The van der Waals surface area contributed by atoms with E-state index in [1.807, 2.05) is 31.2 Å². The van der Waals surface area contributed by atoms with E-state index in [-0.39, 0.29) is 0 Å². The van der Waals surface area contributed by atoms with E-state index in [4.69, 9.17) is 15.2 Å². The van der Waals surface area contributed by atoms with Gasteiger partial charge in [0.25, 0.3) is 0 Å². The molecule has 0 aliphatic rings. The molecule has 0 saturated carbocycles. The van der Waals surface area contributed by atoms with Crippen molar-refractivity contribution in [1.82, 2.24) is 4.98 Å². The van der Waals surface area contributed by atoms with Gasteiger partial charge in [0.1, 0.15) is 11.5 Å². The quantitative estimate of drug-likeness (QED) is 0.942. The maximum Gasteiger partial charge on any atom is 0.222 e. The van der Waals surface area contributed by atoms with Crippen LogP contribution < -0.4 is 15.2 Å². The molecule has 0 aliphatic carbocycles. The van der Waals surface area contributed by atoms with Crippen LogP contribution in [0, 0.1) is 6.92 Å². The summed E-state index contributed by atoms with van der Waals surface area (Å²) in [6.45, 7) is 1.90. The number of methoxy groups -OCH3 is 1. The van der Waals surface area contributed by atoms with Crippen molar-refractivity contribution in [2.24, 2.45) is 0 Å². The fraction of sp³-hybridized carbons (Fsp3) is 0.154. The van der Waals surface area contributed by atoms with Crippen LogP contribution in [0.5, 0.6) is 17.4 Å². The fourth-order valence-corrected chi connectivity index (χ4v) is 1.93. The number of hydrogen-bond donors (Lipinski definition) is 1. The first-order valence-electron chi connectivity index (χ1n) is 5.33. The summed E-state index contributed by atoms with van der Waals surface area (Å²) in [6, 6.07) is 7.30. The molecule has 2 N–H and O–H groups in total. The largest absolute Gasteiger partial charge is 0.497 e. The van der Waals surface area contributed by atoms with E-state index in [0.29, 0.717) is 17.3 Å². The van der Waals surface area contributed by atoms with E-state index < -0.39 is 0 Å². The monoisotopic (exact) mass is 308 g/mol. The summed E-state index contributed by atoms with van der Waals surface area (Å²) in [5.41, 5.74) is 7.15. The van der Waals surface area contributed by atoms with E-state index in [1.54, 1.807) is 13.3 Å².